The Balaban J connectivity index is 1.66. The number of hydrogen-bond donors (Lipinski definition) is 3. The molecule has 6 heteroatoms. The number of nitrogens with zero attached hydrogens (tertiary/aromatic N) is 1. The van der Waals surface area contributed by atoms with Crippen molar-refractivity contribution in [2.45, 2.75) is 18.9 Å². The van der Waals surface area contributed by atoms with Crippen molar-refractivity contribution in [2.75, 3.05) is 19.6 Å². The molecule has 2 heterocycles. The number of piperidine rings is 1. The van der Waals surface area contributed by atoms with Gasteiger partial charge in [-0.1, -0.05) is 30.3 Å². The summed E-state index contributed by atoms with van der Waals surface area (Å²) in [6, 6.07) is 9.89. The van der Waals surface area contributed by atoms with E-state index in [2.05, 4.69) is 10.9 Å². The zero-order chi connectivity index (χ0) is 15.5. The van der Waals surface area contributed by atoms with Gasteiger partial charge in [0, 0.05) is 19.6 Å². The molecule has 3 rings (SSSR count). The monoisotopic (exact) mass is 303 g/mol. The zero-order valence-electron chi connectivity index (χ0n) is 12.4. The van der Waals surface area contributed by atoms with Gasteiger partial charge in [0.25, 0.3) is 0 Å². The van der Waals surface area contributed by atoms with E-state index in [1.807, 2.05) is 35.2 Å². The Bertz CT molecular complexity index is 541. The van der Waals surface area contributed by atoms with Gasteiger partial charge in [-0.25, -0.2) is 5.43 Å². The summed E-state index contributed by atoms with van der Waals surface area (Å²) in [6.07, 6.45) is 1.09. The first kappa shape index (κ1) is 15.0. The normalized spacial score (nSPS) is 26.1. The largest absolute Gasteiger partial charge is 0.481 e. The standard InChI is InChI=1S/C16H21N3O3/c20-15(19-8-6-12(7-9-19)16(21)22)13-10-17-18-14(13)11-4-2-1-3-5-11/h1-5,12-14,17-18H,6-10H2,(H,21,22). The summed E-state index contributed by atoms with van der Waals surface area (Å²) in [4.78, 5) is 25.6. The quantitative estimate of drug-likeness (QED) is 0.768. The van der Waals surface area contributed by atoms with Crippen LogP contribution in [-0.2, 0) is 9.59 Å². The molecule has 0 radical (unpaired) electrons. The van der Waals surface area contributed by atoms with Gasteiger partial charge >= 0.3 is 5.97 Å². The van der Waals surface area contributed by atoms with Crippen LogP contribution >= 0.6 is 0 Å². The summed E-state index contributed by atoms with van der Waals surface area (Å²) >= 11 is 0. The lowest BCUT2D eigenvalue weighted by molar-refractivity contribution is -0.146. The number of aliphatic carboxylic acids is 1. The molecule has 2 aliphatic rings. The van der Waals surface area contributed by atoms with Crippen LogP contribution in [-0.4, -0.2) is 41.5 Å². The Morgan fingerprint density at radius 1 is 1.14 bits per heavy atom. The molecule has 0 bridgehead atoms. The molecule has 2 aliphatic heterocycles. The molecule has 3 N–H and O–H groups in total. The number of amides is 1. The highest BCUT2D eigenvalue weighted by Gasteiger charge is 2.38. The van der Waals surface area contributed by atoms with Crippen LogP contribution in [0.3, 0.4) is 0 Å². The molecular formula is C16H21N3O3. The summed E-state index contributed by atoms with van der Waals surface area (Å²) in [7, 11) is 0. The van der Waals surface area contributed by atoms with Crippen molar-refractivity contribution in [1.82, 2.24) is 15.8 Å². The SMILES string of the molecule is O=C(O)C1CCN(C(=O)C2CNNC2c2ccccc2)CC1. The molecule has 6 nitrogen and oxygen atoms in total. The number of nitrogens with one attached hydrogen (secondary N) is 2. The Kier molecular flexibility index (Phi) is 4.40. The second-order valence-corrected chi connectivity index (χ2v) is 5.96. The van der Waals surface area contributed by atoms with Gasteiger partial charge in [0.05, 0.1) is 17.9 Å². The maximum absolute atomic E-state index is 12.8. The van der Waals surface area contributed by atoms with Crippen LogP contribution in [0.5, 0.6) is 0 Å². The van der Waals surface area contributed by atoms with Crippen LogP contribution in [0.15, 0.2) is 30.3 Å². The van der Waals surface area contributed by atoms with Crippen molar-refractivity contribution >= 4 is 11.9 Å². The topological polar surface area (TPSA) is 81.7 Å². The van der Waals surface area contributed by atoms with Crippen molar-refractivity contribution in [2.24, 2.45) is 11.8 Å². The molecule has 2 unspecified atom stereocenters. The second-order valence-electron chi connectivity index (χ2n) is 5.96. The molecule has 2 atom stereocenters. The van der Waals surface area contributed by atoms with E-state index in [0.29, 0.717) is 32.5 Å². The van der Waals surface area contributed by atoms with E-state index < -0.39 is 5.97 Å². The molecule has 1 aromatic carbocycles. The van der Waals surface area contributed by atoms with Gasteiger partial charge in [-0.15, -0.1) is 0 Å². The van der Waals surface area contributed by atoms with Gasteiger partial charge < -0.3 is 10.0 Å². The Hall–Kier alpha value is -1.92. The van der Waals surface area contributed by atoms with Gasteiger partial charge in [-0.05, 0) is 18.4 Å². The lowest BCUT2D eigenvalue weighted by Crippen LogP contribution is -2.44. The number of hydrazine groups is 1. The molecule has 1 aromatic rings. The van der Waals surface area contributed by atoms with E-state index in [0.717, 1.165) is 5.56 Å². The summed E-state index contributed by atoms with van der Waals surface area (Å²) in [6.45, 7) is 1.67. The highest BCUT2D eigenvalue weighted by atomic mass is 16.4. The Labute approximate surface area is 129 Å². The lowest BCUT2D eigenvalue weighted by Gasteiger charge is -2.33. The van der Waals surface area contributed by atoms with Gasteiger partial charge in [0.2, 0.25) is 5.91 Å². The predicted octanol–water partition coefficient (Wildman–Crippen LogP) is 0.775. The summed E-state index contributed by atoms with van der Waals surface area (Å²) < 4.78 is 0. The highest BCUT2D eigenvalue weighted by Crippen LogP contribution is 2.28. The average Bonchev–Trinajstić information content (AvgIpc) is 3.04. The van der Waals surface area contributed by atoms with Crippen LogP contribution in [0.4, 0.5) is 0 Å². The number of carbonyl (C=O) groups is 2. The number of hydrogen-bond acceptors (Lipinski definition) is 4. The molecule has 0 saturated carbocycles. The second kappa shape index (κ2) is 6.46. The first-order valence-electron chi connectivity index (χ1n) is 7.71. The van der Waals surface area contributed by atoms with E-state index in [9.17, 15) is 9.59 Å². The van der Waals surface area contributed by atoms with Crippen molar-refractivity contribution in [3.05, 3.63) is 35.9 Å². The van der Waals surface area contributed by atoms with Crippen molar-refractivity contribution in [3.8, 4) is 0 Å². The fraction of sp³-hybridized carbons (Fsp3) is 0.500. The molecule has 1 amide bonds. The third-order valence-corrected chi connectivity index (χ3v) is 4.61. The minimum atomic E-state index is -0.751. The molecule has 22 heavy (non-hydrogen) atoms. The minimum Gasteiger partial charge on any atom is -0.481 e. The van der Waals surface area contributed by atoms with Crippen molar-refractivity contribution < 1.29 is 14.7 Å². The fourth-order valence-electron chi connectivity index (χ4n) is 3.28. The van der Waals surface area contributed by atoms with Gasteiger partial charge in [0.15, 0.2) is 0 Å². The van der Waals surface area contributed by atoms with Crippen molar-refractivity contribution in [3.63, 3.8) is 0 Å². The lowest BCUT2D eigenvalue weighted by atomic mass is 9.91. The first-order valence-corrected chi connectivity index (χ1v) is 7.71. The first-order chi connectivity index (χ1) is 10.7. The molecule has 0 aliphatic carbocycles. The van der Waals surface area contributed by atoms with E-state index in [1.165, 1.54) is 0 Å². The third-order valence-electron chi connectivity index (χ3n) is 4.61. The Morgan fingerprint density at radius 3 is 2.45 bits per heavy atom. The predicted molar refractivity (Wildman–Crippen MR) is 80.8 cm³/mol. The van der Waals surface area contributed by atoms with Crippen LogP contribution < -0.4 is 10.9 Å². The van der Waals surface area contributed by atoms with Crippen LogP contribution in [0.25, 0.3) is 0 Å². The van der Waals surface area contributed by atoms with Gasteiger partial charge in [-0.2, -0.15) is 0 Å². The molecule has 0 aromatic heterocycles. The third kappa shape index (κ3) is 2.98. The molecule has 118 valence electrons. The van der Waals surface area contributed by atoms with E-state index >= 15 is 0 Å². The molecule has 2 saturated heterocycles. The van der Waals surface area contributed by atoms with Gasteiger partial charge in [0.1, 0.15) is 0 Å². The van der Waals surface area contributed by atoms with Crippen LogP contribution in [0.2, 0.25) is 0 Å². The highest BCUT2D eigenvalue weighted by molar-refractivity contribution is 5.81. The number of carboxylic acids is 1. The zero-order valence-corrected chi connectivity index (χ0v) is 12.4. The van der Waals surface area contributed by atoms with E-state index in [-0.39, 0.29) is 23.8 Å². The maximum atomic E-state index is 12.8. The van der Waals surface area contributed by atoms with Crippen molar-refractivity contribution in [1.29, 1.82) is 0 Å². The number of carbonyl (C=O) groups excluding carboxylic acids is 1. The molecular weight excluding hydrogens is 282 g/mol. The summed E-state index contributed by atoms with van der Waals surface area (Å²) in [5.41, 5.74) is 7.34. The maximum Gasteiger partial charge on any atom is 0.306 e. The van der Waals surface area contributed by atoms with Crippen LogP contribution in [0, 0.1) is 11.8 Å². The van der Waals surface area contributed by atoms with E-state index in [1.54, 1.807) is 0 Å². The number of carboxylic acid groups (broad SMARTS) is 1. The number of rotatable bonds is 3. The summed E-state index contributed by atoms with van der Waals surface area (Å²) in [5, 5.41) is 9.04. The fourth-order valence-corrected chi connectivity index (χ4v) is 3.28. The Morgan fingerprint density at radius 2 is 1.82 bits per heavy atom. The van der Waals surface area contributed by atoms with Gasteiger partial charge in [-0.3, -0.25) is 15.0 Å². The van der Waals surface area contributed by atoms with E-state index in [4.69, 9.17) is 5.11 Å². The summed E-state index contributed by atoms with van der Waals surface area (Å²) in [5.74, 6) is -1.11. The smallest absolute Gasteiger partial charge is 0.306 e. The number of likely N-dealkylation sites (tertiary alicyclic amines) is 1. The number of benzene rings is 1. The molecule has 0 spiro atoms. The minimum absolute atomic E-state index is 0.0362. The van der Waals surface area contributed by atoms with Crippen LogP contribution in [0.1, 0.15) is 24.4 Å². The average molecular weight is 303 g/mol. The molecule has 2 fully saturated rings.